The molecule has 2 heterocycles. The Bertz CT molecular complexity index is 553. The minimum absolute atomic E-state index is 0.161. The van der Waals surface area contributed by atoms with Crippen molar-refractivity contribution in [2.45, 2.75) is 25.4 Å². The van der Waals surface area contributed by atoms with Crippen LogP contribution < -0.4 is 4.74 Å². The van der Waals surface area contributed by atoms with Crippen molar-refractivity contribution in [2.75, 3.05) is 25.2 Å². The average Bonchev–Trinajstić information content (AvgIpc) is 3.11. The Hall–Kier alpha value is -0.730. The number of nitrogens with zero attached hydrogens (tertiary/aromatic N) is 3. The molecule has 106 valence electrons. The maximum atomic E-state index is 11.8. The molecular weight excluding hydrogens is 286 g/mol. The van der Waals surface area contributed by atoms with Gasteiger partial charge in [0, 0.05) is 12.6 Å². The lowest BCUT2D eigenvalue weighted by molar-refractivity contribution is 0.184. The van der Waals surface area contributed by atoms with Crippen LogP contribution in [0.1, 0.15) is 17.8 Å². The molecule has 1 aliphatic heterocycles. The van der Waals surface area contributed by atoms with Crippen molar-refractivity contribution in [2.24, 2.45) is 5.92 Å². The van der Waals surface area contributed by atoms with Crippen molar-refractivity contribution in [3.8, 4) is 5.19 Å². The molecule has 1 aliphatic carbocycles. The zero-order valence-corrected chi connectivity index (χ0v) is 12.4. The van der Waals surface area contributed by atoms with Gasteiger partial charge >= 0.3 is 0 Å². The van der Waals surface area contributed by atoms with Gasteiger partial charge in [0.15, 0.2) is 9.84 Å². The predicted octanol–water partition coefficient (Wildman–Crippen LogP) is 0.556. The third-order valence-electron chi connectivity index (χ3n) is 3.71. The normalized spacial score (nSPS) is 27.3. The predicted molar refractivity (Wildman–Crippen MR) is 72.0 cm³/mol. The molecule has 0 N–H and O–H groups in total. The molecule has 3 rings (SSSR count). The summed E-state index contributed by atoms with van der Waals surface area (Å²) in [7, 11) is -1.29. The van der Waals surface area contributed by atoms with Crippen molar-refractivity contribution in [1.29, 1.82) is 0 Å². The Balaban J connectivity index is 1.71. The highest BCUT2D eigenvalue weighted by Crippen LogP contribution is 2.38. The fraction of sp³-hybridized carbons (Fsp3) is 0.818. The Kier molecular flexibility index (Phi) is 3.48. The molecule has 1 aromatic rings. The van der Waals surface area contributed by atoms with Gasteiger partial charge in [-0.25, -0.2) is 8.42 Å². The van der Waals surface area contributed by atoms with Crippen molar-refractivity contribution in [1.82, 2.24) is 15.1 Å². The van der Waals surface area contributed by atoms with E-state index in [2.05, 4.69) is 15.1 Å². The Labute approximate surface area is 116 Å². The summed E-state index contributed by atoms with van der Waals surface area (Å²) in [5, 5.41) is 9.45. The standard InChI is InChI=1S/C11H17N3O3S2/c1-17-11-13-12-10(18-11)6-14-4-5-19(15,16)7-9(14)8-2-3-8/h8-9H,2-7H2,1H3. The Morgan fingerprint density at radius 1 is 1.42 bits per heavy atom. The molecule has 1 unspecified atom stereocenters. The van der Waals surface area contributed by atoms with E-state index >= 15 is 0 Å². The molecule has 1 atom stereocenters. The van der Waals surface area contributed by atoms with E-state index in [1.165, 1.54) is 11.3 Å². The minimum Gasteiger partial charge on any atom is -0.472 e. The van der Waals surface area contributed by atoms with Crippen LogP contribution >= 0.6 is 11.3 Å². The summed E-state index contributed by atoms with van der Waals surface area (Å²) < 4.78 is 28.6. The fourth-order valence-electron chi connectivity index (χ4n) is 2.54. The highest BCUT2D eigenvalue weighted by atomic mass is 32.2. The largest absolute Gasteiger partial charge is 0.472 e. The van der Waals surface area contributed by atoms with Gasteiger partial charge in [0.2, 0.25) is 0 Å². The van der Waals surface area contributed by atoms with E-state index in [4.69, 9.17) is 4.74 Å². The zero-order chi connectivity index (χ0) is 13.5. The average molecular weight is 303 g/mol. The summed E-state index contributed by atoms with van der Waals surface area (Å²) in [6, 6.07) is 0.161. The van der Waals surface area contributed by atoms with Crippen molar-refractivity contribution in [3.05, 3.63) is 5.01 Å². The van der Waals surface area contributed by atoms with Gasteiger partial charge in [-0.2, -0.15) is 0 Å². The number of methoxy groups -OCH3 is 1. The molecule has 2 fully saturated rings. The molecule has 0 bridgehead atoms. The number of rotatable bonds is 4. The summed E-state index contributed by atoms with van der Waals surface area (Å²) in [6.07, 6.45) is 2.30. The van der Waals surface area contributed by atoms with Crippen molar-refractivity contribution in [3.63, 3.8) is 0 Å². The van der Waals surface area contributed by atoms with E-state index in [1.807, 2.05) is 0 Å². The summed E-state index contributed by atoms with van der Waals surface area (Å²) in [5.74, 6) is 1.10. The first-order chi connectivity index (χ1) is 9.07. The van der Waals surface area contributed by atoms with Gasteiger partial charge in [-0.15, -0.1) is 10.2 Å². The van der Waals surface area contributed by atoms with Crippen LogP contribution in [0, 0.1) is 5.92 Å². The van der Waals surface area contributed by atoms with Crippen LogP contribution in [-0.2, 0) is 16.4 Å². The summed E-state index contributed by atoms with van der Waals surface area (Å²) >= 11 is 1.43. The first kappa shape index (κ1) is 13.3. The van der Waals surface area contributed by atoms with E-state index in [0.29, 0.717) is 30.0 Å². The number of hydrogen-bond donors (Lipinski definition) is 0. The van der Waals surface area contributed by atoms with Crippen molar-refractivity contribution < 1.29 is 13.2 Å². The van der Waals surface area contributed by atoms with Crippen LogP contribution in [0.3, 0.4) is 0 Å². The molecule has 8 heteroatoms. The van der Waals surface area contributed by atoms with E-state index in [0.717, 1.165) is 17.8 Å². The van der Waals surface area contributed by atoms with Gasteiger partial charge in [0.05, 0.1) is 25.2 Å². The summed E-state index contributed by atoms with van der Waals surface area (Å²) in [5.41, 5.74) is 0. The maximum absolute atomic E-state index is 11.8. The molecule has 1 aromatic heterocycles. The van der Waals surface area contributed by atoms with Gasteiger partial charge in [0.25, 0.3) is 5.19 Å². The van der Waals surface area contributed by atoms with Gasteiger partial charge in [-0.1, -0.05) is 11.3 Å². The molecule has 1 saturated carbocycles. The molecule has 0 spiro atoms. The molecule has 0 aromatic carbocycles. The van der Waals surface area contributed by atoms with Gasteiger partial charge in [-0.05, 0) is 18.8 Å². The lowest BCUT2D eigenvalue weighted by atomic mass is 10.2. The smallest absolute Gasteiger partial charge is 0.293 e. The second kappa shape index (κ2) is 4.99. The molecule has 2 aliphatic rings. The molecule has 19 heavy (non-hydrogen) atoms. The van der Waals surface area contributed by atoms with Crippen LogP contribution in [0.2, 0.25) is 0 Å². The first-order valence-electron chi connectivity index (χ1n) is 6.38. The fourth-order valence-corrected chi connectivity index (χ4v) is 4.90. The Morgan fingerprint density at radius 3 is 2.84 bits per heavy atom. The lowest BCUT2D eigenvalue weighted by Crippen LogP contribution is -2.49. The second-order valence-electron chi connectivity index (χ2n) is 5.16. The lowest BCUT2D eigenvalue weighted by Gasteiger charge is -2.34. The first-order valence-corrected chi connectivity index (χ1v) is 9.02. The maximum Gasteiger partial charge on any atom is 0.293 e. The number of aromatic nitrogens is 2. The SMILES string of the molecule is COc1nnc(CN2CCS(=O)(=O)CC2C2CC2)s1. The highest BCUT2D eigenvalue weighted by molar-refractivity contribution is 7.91. The minimum atomic E-state index is -2.86. The Morgan fingerprint density at radius 2 is 2.21 bits per heavy atom. The molecular formula is C11H17N3O3S2. The van der Waals surface area contributed by atoms with E-state index in [-0.39, 0.29) is 11.8 Å². The van der Waals surface area contributed by atoms with Crippen LogP contribution in [0.4, 0.5) is 0 Å². The van der Waals surface area contributed by atoms with Crippen LogP contribution in [0.15, 0.2) is 0 Å². The summed E-state index contributed by atoms with van der Waals surface area (Å²) in [4.78, 5) is 2.25. The second-order valence-corrected chi connectivity index (χ2v) is 8.41. The number of sulfone groups is 1. The third kappa shape index (κ3) is 3.06. The quantitative estimate of drug-likeness (QED) is 0.809. The van der Waals surface area contributed by atoms with Gasteiger partial charge < -0.3 is 4.74 Å². The van der Waals surface area contributed by atoms with Crippen LogP contribution in [0.25, 0.3) is 0 Å². The van der Waals surface area contributed by atoms with Crippen LogP contribution in [-0.4, -0.2) is 54.7 Å². The molecule has 6 nitrogen and oxygen atoms in total. The number of ether oxygens (including phenoxy) is 1. The van der Waals surface area contributed by atoms with E-state index in [1.54, 1.807) is 7.11 Å². The molecule has 1 saturated heterocycles. The van der Waals surface area contributed by atoms with E-state index < -0.39 is 9.84 Å². The highest BCUT2D eigenvalue weighted by Gasteiger charge is 2.41. The topological polar surface area (TPSA) is 72.4 Å². The number of hydrogen-bond acceptors (Lipinski definition) is 7. The molecule has 0 amide bonds. The monoisotopic (exact) mass is 303 g/mol. The van der Waals surface area contributed by atoms with Gasteiger partial charge in [0.1, 0.15) is 5.01 Å². The van der Waals surface area contributed by atoms with E-state index in [9.17, 15) is 8.42 Å². The van der Waals surface area contributed by atoms with Crippen molar-refractivity contribution >= 4 is 21.2 Å². The van der Waals surface area contributed by atoms with Gasteiger partial charge in [-0.3, -0.25) is 4.90 Å². The molecule has 0 radical (unpaired) electrons. The zero-order valence-electron chi connectivity index (χ0n) is 10.8. The van der Waals surface area contributed by atoms with Crippen LogP contribution in [0.5, 0.6) is 5.19 Å². The summed E-state index contributed by atoms with van der Waals surface area (Å²) in [6.45, 7) is 1.28. The third-order valence-corrected chi connectivity index (χ3v) is 6.23.